The summed E-state index contributed by atoms with van der Waals surface area (Å²) in [5.74, 6) is -0.655. The SMILES string of the molecule is O=C(NCc1ccccc1F)c1cc(Cl)c[nH]1. The minimum Gasteiger partial charge on any atom is -0.356 e. The molecule has 0 aliphatic carbocycles. The van der Waals surface area contributed by atoms with Crippen molar-refractivity contribution in [3.05, 3.63) is 58.6 Å². The van der Waals surface area contributed by atoms with Crippen LogP contribution in [0.15, 0.2) is 36.5 Å². The Morgan fingerprint density at radius 3 is 2.82 bits per heavy atom. The van der Waals surface area contributed by atoms with Crippen LogP contribution >= 0.6 is 11.6 Å². The summed E-state index contributed by atoms with van der Waals surface area (Å²) in [6, 6.07) is 7.81. The molecule has 1 aromatic carbocycles. The molecule has 0 fully saturated rings. The van der Waals surface area contributed by atoms with E-state index >= 15 is 0 Å². The van der Waals surface area contributed by atoms with E-state index in [1.54, 1.807) is 18.2 Å². The van der Waals surface area contributed by atoms with Crippen molar-refractivity contribution < 1.29 is 9.18 Å². The highest BCUT2D eigenvalue weighted by Crippen LogP contribution is 2.10. The van der Waals surface area contributed by atoms with Crippen molar-refractivity contribution in [3.63, 3.8) is 0 Å². The van der Waals surface area contributed by atoms with Gasteiger partial charge in [0.15, 0.2) is 0 Å². The molecule has 0 bridgehead atoms. The molecular formula is C12H10ClFN2O. The lowest BCUT2D eigenvalue weighted by Crippen LogP contribution is -2.23. The number of carbonyl (C=O) groups excluding carboxylic acids is 1. The molecule has 2 N–H and O–H groups in total. The number of aromatic amines is 1. The quantitative estimate of drug-likeness (QED) is 0.867. The van der Waals surface area contributed by atoms with Gasteiger partial charge in [0.25, 0.3) is 5.91 Å². The Bertz CT molecular complexity index is 539. The minimum atomic E-state index is -0.336. The summed E-state index contributed by atoms with van der Waals surface area (Å²) in [5.41, 5.74) is 0.796. The maximum Gasteiger partial charge on any atom is 0.268 e. The summed E-state index contributed by atoms with van der Waals surface area (Å²) in [4.78, 5) is 14.3. The van der Waals surface area contributed by atoms with Gasteiger partial charge in [-0.05, 0) is 12.1 Å². The molecule has 1 heterocycles. The number of carbonyl (C=O) groups is 1. The molecule has 0 saturated heterocycles. The fourth-order valence-electron chi connectivity index (χ4n) is 1.41. The van der Waals surface area contributed by atoms with E-state index in [9.17, 15) is 9.18 Å². The van der Waals surface area contributed by atoms with Crippen molar-refractivity contribution in [2.45, 2.75) is 6.54 Å². The fraction of sp³-hybridized carbons (Fsp3) is 0.0833. The highest BCUT2D eigenvalue weighted by atomic mass is 35.5. The van der Waals surface area contributed by atoms with E-state index in [-0.39, 0.29) is 18.3 Å². The molecule has 0 saturated carbocycles. The van der Waals surface area contributed by atoms with Crippen LogP contribution in [0.5, 0.6) is 0 Å². The van der Waals surface area contributed by atoms with Crippen molar-refractivity contribution in [2.24, 2.45) is 0 Å². The monoisotopic (exact) mass is 252 g/mol. The van der Waals surface area contributed by atoms with Gasteiger partial charge in [-0.3, -0.25) is 4.79 Å². The molecule has 0 atom stereocenters. The van der Waals surface area contributed by atoms with Gasteiger partial charge in [0.2, 0.25) is 0 Å². The number of halogens is 2. The number of aromatic nitrogens is 1. The Morgan fingerprint density at radius 1 is 1.41 bits per heavy atom. The van der Waals surface area contributed by atoms with Gasteiger partial charge < -0.3 is 10.3 Å². The average Bonchev–Trinajstić information content (AvgIpc) is 2.74. The molecule has 0 radical (unpaired) electrons. The molecule has 0 spiro atoms. The van der Waals surface area contributed by atoms with E-state index in [0.717, 1.165) is 0 Å². The number of hydrogen-bond donors (Lipinski definition) is 2. The molecule has 0 aliphatic rings. The first-order valence-corrected chi connectivity index (χ1v) is 5.40. The Kier molecular flexibility index (Phi) is 3.44. The fourth-order valence-corrected chi connectivity index (χ4v) is 1.58. The second kappa shape index (κ2) is 5.01. The van der Waals surface area contributed by atoms with Gasteiger partial charge in [-0.15, -0.1) is 0 Å². The van der Waals surface area contributed by atoms with Crippen LogP contribution in [0.4, 0.5) is 4.39 Å². The summed E-state index contributed by atoms with van der Waals surface area (Å²) >= 11 is 5.68. The van der Waals surface area contributed by atoms with Crippen molar-refractivity contribution >= 4 is 17.5 Å². The van der Waals surface area contributed by atoms with Crippen molar-refractivity contribution in [1.82, 2.24) is 10.3 Å². The molecule has 88 valence electrons. The van der Waals surface area contributed by atoms with Crippen LogP contribution in [0.1, 0.15) is 16.1 Å². The number of amides is 1. The van der Waals surface area contributed by atoms with Crippen LogP contribution in [0.3, 0.4) is 0 Å². The highest BCUT2D eigenvalue weighted by molar-refractivity contribution is 6.30. The number of nitrogens with one attached hydrogen (secondary N) is 2. The van der Waals surface area contributed by atoms with Crippen molar-refractivity contribution in [2.75, 3.05) is 0 Å². The molecule has 2 rings (SSSR count). The maximum absolute atomic E-state index is 13.3. The van der Waals surface area contributed by atoms with Gasteiger partial charge in [-0.2, -0.15) is 0 Å². The molecule has 0 aliphatic heterocycles. The predicted octanol–water partition coefficient (Wildman–Crippen LogP) is 2.74. The van der Waals surface area contributed by atoms with E-state index in [4.69, 9.17) is 11.6 Å². The van der Waals surface area contributed by atoms with E-state index in [1.165, 1.54) is 18.3 Å². The van der Waals surface area contributed by atoms with E-state index < -0.39 is 0 Å². The normalized spacial score (nSPS) is 10.2. The first-order valence-electron chi connectivity index (χ1n) is 5.02. The summed E-state index contributed by atoms with van der Waals surface area (Å²) in [7, 11) is 0. The third-order valence-corrected chi connectivity index (χ3v) is 2.51. The molecule has 1 amide bonds. The molecule has 3 nitrogen and oxygen atoms in total. The Morgan fingerprint density at radius 2 is 2.18 bits per heavy atom. The standard InChI is InChI=1S/C12H10ClFN2O/c13-9-5-11(15-7-9)12(17)16-6-8-3-1-2-4-10(8)14/h1-5,7,15H,6H2,(H,16,17). The van der Waals surface area contributed by atoms with Crippen LogP contribution in [0.25, 0.3) is 0 Å². The average molecular weight is 253 g/mol. The van der Waals surface area contributed by atoms with Crippen LogP contribution in [0.2, 0.25) is 5.02 Å². The van der Waals surface area contributed by atoms with Crippen molar-refractivity contribution in [3.8, 4) is 0 Å². The van der Waals surface area contributed by atoms with E-state index in [1.807, 2.05) is 0 Å². The summed E-state index contributed by atoms with van der Waals surface area (Å²) < 4.78 is 13.3. The molecule has 1 aromatic heterocycles. The largest absolute Gasteiger partial charge is 0.356 e. The topological polar surface area (TPSA) is 44.9 Å². The predicted molar refractivity (Wildman–Crippen MR) is 63.4 cm³/mol. The maximum atomic E-state index is 13.3. The summed E-state index contributed by atoms with van der Waals surface area (Å²) in [6.07, 6.45) is 1.51. The van der Waals surface area contributed by atoms with Gasteiger partial charge >= 0.3 is 0 Å². The smallest absolute Gasteiger partial charge is 0.268 e. The Hall–Kier alpha value is -1.81. The summed E-state index contributed by atoms with van der Waals surface area (Å²) in [6.45, 7) is 0.141. The van der Waals surface area contributed by atoms with Gasteiger partial charge in [0, 0.05) is 18.3 Å². The summed E-state index contributed by atoms with van der Waals surface area (Å²) in [5, 5.41) is 3.06. The molecule has 5 heteroatoms. The number of hydrogen-bond acceptors (Lipinski definition) is 1. The molecular weight excluding hydrogens is 243 g/mol. The zero-order valence-electron chi connectivity index (χ0n) is 8.84. The number of rotatable bonds is 3. The number of benzene rings is 1. The minimum absolute atomic E-state index is 0.141. The van der Waals surface area contributed by atoms with E-state index in [0.29, 0.717) is 16.3 Å². The first kappa shape index (κ1) is 11.7. The van der Waals surface area contributed by atoms with Crippen LogP contribution in [0, 0.1) is 5.82 Å². The second-order valence-electron chi connectivity index (χ2n) is 3.51. The molecule has 0 unspecified atom stereocenters. The zero-order chi connectivity index (χ0) is 12.3. The Balaban J connectivity index is 1.99. The second-order valence-corrected chi connectivity index (χ2v) is 3.94. The lowest BCUT2D eigenvalue weighted by Gasteiger charge is -2.04. The van der Waals surface area contributed by atoms with Gasteiger partial charge in [-0.25, -0.2) is 4.39 Å². The third kappa shape index (κ3) is 2.85. The van der Waals surface area contributed by atoms with Crippen LogP contribution in [-0.2, 0) is 6.54 Å². The van der Waals surface area contributed by atoms with E-state index in [2.05, 4.69) is 10.3 Å². The van der Waals surface area contributed by atoms with Gasteiger partial charge in [0.1, 0.15) is 11.5 Å². The number of H-pyrrole nitrogens is 1. The zero-order valence-corrected chi connectivity index (χ0v) is 9.59. The van der Waals surface area contributed by atoms with Crippen LogP contribution < -0.4 is 5.32 Å². The van der Waals surface area contributed by atoms with Crippen LogP contribution in [-0.4, -0.2) is 10.9 Å². The first-order chi connectivity index (χ1) is 8.16. The molecule has 17 heavy (non-hydrogen) atoms. The lowest BCUT2D eigenvalue weighted by molar-refractivity contribution is 0.0946. The lowest BCUT2D eigenvalue weighted by atomic mass is 10.2. The van der Waals surface area contributed by atoms with Crippen molar-refractivity contribution in [1.29, 1.82) is 0 Å². The highest BCUT2D eigenvalue weighted by Gasteiger charge is 2.08. The molecule has 2 aromatic rings. The van der Waals surface area contributed by atoms with Gasteiger partial charge in [0.05, 0.1) is 5.02 Å². The Labute approximate surface area is 103 Å². The van der Waals surface area contributed by atoms with Gasteiger partial charge in [-0.1, -0.05) is 29.8 Å². The third-order valence-electron chi connectivity index (χ3n) is 2.29.